The van der Waals surface area contributed by atoms with E-state index in [9.17, 15) is 9.59 Å². The minimum absolute atomic E-state index is 0.0698. The summed E-state index contributed by atoms with van der Waals surface area (Å²) in [7, 11) is 0. The van der Waals surface area contributed by atoms with Gasteiger partial charge >= 0.3 is 5.97 Å². The van der Waals surface area contributed by atoms with Gasteiger partial charge in [0.05, 0.1) is 5.56 Å². The van der Waals surface area contributed by atoms with Crippen molar-refractivity contribution in [3.63, 3.8) is 0 Å². The van der Waals surface area contributed by atoms with Crippen LogP contribution >= 0.6 is 0 Å². The van der Waals surface area contributed by atoms with E-state index in [0.717, 1.165) is 0 Å². The van der Waals surface area contributed by atoms with E-state index in [1.165, 1.54) is 18.3 Å². The van der Waals surface area contributed by atoms with Crippen LogP contribution in [0.3, 0.4) is 0 Å². The Morgan fingerprint density at radius 2 is 2.00 bits per heavy atom. The van der Waals surface area contributed by atoms with Crippen LogP contribution in [0.15, 0.2) is 18.3 Å². The number of aromatic nitrogens is 1. The third kappa shape index (κ3) is 4.35. The van der Waals surface area contributed by atoms with Gasteiger partial charge in [0.2, 0.25) is 0 Å². The Labute approximate surface area is 113 Å². The molecule has 0 spiro atoms. The van der Waals surface area contributed by atoms with Crippen LogP contribution in [0.1, 0.15) is 48.5 Å². The molecule has 1 rings (SSSR count). The standard InChI is InChI=1S/C14H20N2O3/c1-9(14(2,3)4)7-16-12(17)10-5-6-11(13(18)19)15-8-10/h5-6,8-9H,7H2,1-4H3,(H,16,17)(H,18,19). The number of nitrogens with one attached hydrogen (secondary N) is 1. The first kappa shape index (κ1) is 15.1. The Kier molecular flexibility index (Phi) is 4.64. The third-order valence-electron chi connectivity index (χ3n) is 3.29. The Morgan fingerprint density at radius 3 is 2.42 bits per heavy atom. The van der Waals surface area contributed by atoms with Crippen LogP contribution in [0.4, 0.5) is 0 Å². The summed E-state index contributed by atoms with van der Waals surface area (Å²) in [5.74, 6) is -1.00. The van der Waals surface area contributed by atoms with Crippen LogP contribution in [-0.4, -0.2) is 28.5 Å². The number of carbonyl (C=O) groups is 2. The zero-order chi connectivity index (χ0) is 14.6. The highest BCUT2D eigenvalue weighted by molar-refractivity contribution is 5.94. The largest absolute Gasteiger partial charge is 0.477 e. The summed E-state index contributed by atoms with van der Waals surface area (Å²) in [6, 6.07) is 2.79. The van der Waals surface area contributed by atoms with Crippen LogP contribution in [0.5, 0.6) is 0 Å². The molecule has 5 heteroatoms. The van der Waals surface area contributed by atoms with E-state index >= 15 is 0 Å². The summed E-state index contributed by atoms with van der Waals surface area (Å²) in [5.41, 5.74) is 0.421. The minimum Gasteiger partial charge on any atom is -0.477 e. The van der Waals surface area contributed by atoms with E-state index in [1.807, 2.05) is 0 Å². The van der Waals surface area contributed by atoms with Crippen molar-refractivity contribution in [1.82, 2.24) is 10.3 Å². The molecule has 104 valence electrons. The highest BCUT2D eigenvalue weighted by Gasteiger charge is 2.20. The first-order valence-corrected chi connectivity index (χ1v) is 6.19. The third-order valence-corrected chi connectivity index (χ3v) is 3.29. The van der Waals surface area contributed by atoms with Crippen molar-refractivity contribution in [3.05, 3.63) is 29.6 Å². The molecule has 0 bridgehead atoms. The van der Waals surface area contributed by atoms with Crippen LogP contribution in [-0.2, 0) is 0 Å². The average molecular weight is 264 g/mol. The van der Waals surface area contributed by atoms with Gasteiger partial charge < -0.3 is 10.4 Å². The first-order chi connectivity index (χ1) is 8.71. The molecule has 0 aliphatic rings. The second kappa shape index (κ2) is 5.82. The Balaban J connectivity index is 2.61. The highest BCUT2D eigenvalue weighted by atomic mass is 16.4. The summed E-state index contributed by atoms with van der Waals surface area (Å²) in [4.78, 5) is 26.2. The predicted molar refractivity (Wildman–Crippen MR) is 72.1 cm³/mol. The summed E-state index contributed by atoms with van der Waals surface area (Å²) < 4.78 is 0. The van der Waals surface area contributed by atoms with Gasteiger partial charge in [-0.2, -0.15) is 0 Å². The molecule has 1 heterocycles. The molecule has 0 fully saturated rings. The molecule has 0 aliphatic carbocycles. The summed E-state index contributed by atoms with van der Waals surface area (Å²) in [6.07, 6.45) is 1.28. The van der Waals surface area contributed by atoms with Crippen molar-refractivity contribution in [2.24, 2.45) is 11.3 Å². The second-order valence-electron chi connectivity index (χ2n) is 5.71. The number of rotatable bonds is 4. The molecule has 5 nitrogen and oxygen atoms in total. The molecule has 0 saturated carbocycles. The van der Waals surface area contributed by atoms with Gasteiger partial charge in [-0.15, -0.1) is 0 Å². The fourth-order valence-electron chi connectivity index (χ4n) is 1.31. The van der Waals surface area contributed by atoms with Gasteiger partial charge in [0, 0.05) is 12.7 Å². The molecule has 0 saturated heterocycles. The van der Waals surface area contributed by atoms with Gasteiger partial charge in [0.25, 0.3) is 5.91 Å². The number of carbonyl (C=O) groups excluding carboxylic acids is 1. The molecule has 1 aromatic rings. The lowest BCUT2D eigenvalue weighted by atomic mass is 9.82. The van der Waals surface area contributed by atoms with Crippen molar-refractivity contribution in [2.75, 3.05) is 6.54 Å². The molecular weight excluding hydrogens is 244 g/mol. The molecular formula is C14H20N2O3. The summed E-state index contributed by atoms with van der Waals surface area (Å²) in [6.45, 7) is 9.00. The number of carboxylic acid groups (broad SMARTS) is 1. The fraction of sp³-hybridized carbons (Fsp3) is 0.500. The van der Waals surface area contributed by atoms with E-state index in [-0.39, 0.29) is 17.0 Å². The van der Waals surface area contributed by atoms with Gasteiger partial charge in [-0.25, -0.2) is 9.78 Å². The molecule has 1 atom stereocenters. The predicted octanol–water partition coefficient (Wildman–Crippen LogP) is 2.19. The zero-order valence-electron chi connectivity index (χ0n) is 11.7. The number of nitrogens with zero attached hydrogens (tertiary/aromatic N) is 1. The number of aromatic carboxylic acids is 1. The van der Waals surface area contributed by atoms with E-state index in [1.54, 1.807) is 0 Å². The van der Waals surface area contributed by atoms with Crippen molar-refractivity contribution < 1.29 is 14.7 Å². The van der Waals surface area contributed by atoms with Gasteiger partial charge in [-0.3, -0.25) is 4.79 Å². The lowest BCUT2D eigenvalue weighted by molar-refractivity contribution is 0.0689. The smallest absolute Gasteiger partial charge is 0.354 e. The van der Waals surface area contributed by atoms with Crippen LogP contribution in [0.2, 0.25) is 0 Å². The molecule has 1 unspecified atom stereocenters. The van der Waals surface area contributed by atoms with E-state index in [0.29, 0.717) is 18.0 Å². The topological polar surface area (TPSA) is 79.3 Å². The molecule has 19 heavy (non-hydrogen) atoms. The monoisotopic (exact) mass is 264 g/mol. The van der Waals surface area contributed by atoms with Crippen LogP contribution in [0.25, 0.3) is 0 Å². The van der Waals surface area contributed by atoms with Gasteiger partial charge in [-0.1, -0.05) is 27.7 Å². The highest BCUT2D eigenvalue weighted by Crippen LogP contribution is 2.24. The van der Waals surface area contributed by atoms with Crippen molar-refractivity contribution in [1.29, 1.82) is 0 Å². The van der Waals surface area contributed by atoms with Crippen molar-refractivity contribution in [3.8, 4) is 0 Å². The molecule has 0 aromatic carbocycles. The molecule has 1 amide bonds. The number of carboxylic acids is 1. The zero-order valence-corrected chi connectivity index (χ0v) is 11.7. The molecule has 0 aliphatic heterocycles. The maximum Gasteiger partial charge on any atom is 0.354 e. The van der Waals surface area contributed by atoms with Gasteiger partial charge in [0.15, 0.2) is 0 Å². The second-order valence-corrected chi connectivity index (χ2v) is 5.71. The maximum atomic E-state index is 11.9. The van der Waals surface area contributed by atoms with Crippen molar-refractivity contribution >= 4 is 11.9 Å². The summed E-state index contributed by atoms with van der Waals surface area (Å²) in [5, 5.41) is 11.5. The number of amides is 1. The maximum absolute atomic E-state index is 11.9. The normalized spacial score (nSPS) is 12.8. The Bertz CT molecular complexity index is 461. The van der Waals surface area contributed by atoms with E-state index in [4.69, 9.17) is 5.11 Å². The van der Waals surface area contributed by atoms with Crippen LogP contribution < -0.4 is 5.32 Å². The molecule has 2 N–H and O–H groups in total. The van der Waals surface area contributed by atoms with E-state index in [2.05, 4.69) is 38.0 Å². The summed E-state index contributed by atoms with van der Waals surface area (Å²) >= 11 is 0. The first-order valence-electron chi connectivity index (χ1n) is 6.19. The van der Waals surface area contributed by atoms with Gasteiger partial charge in [0.1, 0.15) is 5.69 Å². The molecule has 0 radical (unpaired) electrons. The number of pyridine rings is 1. The number of hydrogen-bond acceptors (Lipinski definition) is 3. The van der Waals surface area contributed by atoms with Crippen LogP contribution in [0, 0.1) is 11.3 Å². The number of hydrogen-bond donors (Lipinski definition) is 2. The quantitative estimate of drug-likeness (QED) is 0.873. The molecule has 1 aromatic heterocycles. The lowest BCUT2D eigenvalue weighted by Gasteiger charge is -2.27. The SMILES string of the molecule is CC(CNC(=O)c1ccc(C(=O)O)nc1)C(C)(C)C. The minimum atomic E-state index is -1.10. The van der Waals surface area contributed by atoms with Gasteiger partial charge in [-0.05, 0) is 23.5 Å². The lowest BCUT2D eigenvalue weighted by Crippen LogP contribution is -2.33. The Morgan fingerprint density at radius 1 is 1.37 bits per heavy atom. The van der Waals surface area contributed by atoms with Crippen molar-refractivity contribution in [2.45, 2.75) is 27.7 Å². The van der Waals surface area contributed by atoms with E-state index < -0.39 is 5.97 Å². The fourth-order valence-corrected chi connectivity index (χ4v) is 1.31. The Hall–Kier alpha value is -1.91. The average Bonchev–Trinajstić information content (AvgIpc) is 2.34.